The first-order valence-corrected chi connectivity index (χ1v) is 24.1. The zero-order valence-corrected chi connectivity index (χ0v) is 38.2. The number of hydrogen-bond acceptors (Lipinski definition) is 3. The minimum absolute atomic E-state index is 0.0230. The molecule has 4 nitrogen and oxygen atoms in total. The van der Waals surface area contributed by atoms with Crippen molar-refractivity contribution in [2.45, 2.75) is 116 Å². The molecule has 0 saturated carbocycles. The second kappa shape index (κ2) is 19.2. The molecular weight excluding hydrogens is 789 g/mol. The Morgan fingerprint density at radius 1 is 0.603 bits per heavy atom. The molecule has 0 atom stereocenters. The van der Waals surface area contributed by atoms with Gasteiger partial charge in [0.1, 0.15) is 0 Å². The van der Waals surface area contributed by atoms with Crippen molar-refractivity contribution < 1.29 is 9.90 Å². The molecule has 5 aromatic carbocycles. The summed E-state index contributed by atoms with van der Waals surface area (Å²) >= 11 is 1.65. The predicted molar refractivity (Wildman–Crippen MR) is 266 cm³/mol. The van der Waals surface area contributed by atoms with Gasteiger partial charge in [0.05, 0.1) is 6.57 Å². The summed E-state index contributed by atoms with van der Waals surface area (Å²) < 4.78 is 0. The van der Waals surface area contributed by atoms with Crippen molar-refractivity contribution in [3.05, 3.63) is 178 Å². The van der Waals surface area contributed by atoms with Gasteiger partial charge in [-0.1, -0.05) is 158 Å². The smallest absolute Gasteiger partial charge is 0.333 e. The van der Waals surface area contributed by atoms with E-state index in [2.05, 4.69) is 153 Å². The average molecular weight is 849 g/mol. The molecular formula is C58H60N2O2S. The van der Waals surface area contributed by atoms with Gasteiger partial charge in [0, 0.05) is 37.6 Å². The van der Waals surface area contributed by atoms with Gasteiger partial charge in [0.15, 0.2) is 0 Å². The summed E-state index contributed by atoms with van der Waals surface area (Å²) in [6.45, 7) is 16.4. The van der Waals surface area contributed by atoms with Crippen LogP contribution in [-0.4, -0.2) is 11.1 Å². The lowest BCUT2D eigenvalue weighted by molar-refractivity contribution is -0.132. The first-order valence-electron chi connectivity index (χ1n) is 23.3. The number of carbonyl (C=O) groups is 1. The quantitative estimate of drug-likeness (QED) is 0.0502. The van der Waals surface area contributed by atoms with Gasteiger partial charge in [-0.3, -0.25) is 4.79 Å². The fraction of sp³-hybridized carbons (Fsp3) is 0.310. The van der Waals surface area contributed by atoms with Gasteiger partial charge in [-0.2, -0.15) is 0 Å². The Labute approximate surface area is 379 Å². The number of allylic oxidation sites excluding steroid dienone is 2. The van der Waals surface area contributed by atoms with Crippen molar-refractivity contribution in [1.29, 1.82) is 0 Å². The van der Waals surface area contributed by atoms with Gasteiger partial charge < -0.3 is 10.0 Å². The molecule has 0 aliphatic heterocycles. The molecule has 320 valence electrons. The molecule has 0 spiro atoms. The molecule has 0 bridgehead atoms. The van der Waals surface area contributed by atoms with Gasteiger partial charge in [0.2, 0.25) is 0 Å². The van der Waals surface area contributed by atoms with E-state index in [1.807, 2.05) is 12.1 Å². The third kappa shape index (κ3) is 8.23. The number of fused-ring (bicyclic) bond motifs is 6. The van der Waals surface area contributed by atoms with E-state index < -0.39 is 5.97 Å². The zero-order valence-electron chi connectivity index (χ0n) is 37.4. The number of carboxylic acid groups (broad SMARTS) is 1. The first kappa shape index (κ1) is 43.7. The van der Waals surface area contributed by atoms with E-state index in [0.717, 1.165) is 46.7 Å². The van der Waals surface area contributed by atoms with Crippen LogP contribution in [0.4, 0.5) is 17.1 Å². The average Bonchev–Trinajstić information content (AvgIpc) is 3.98. The Kier molecular flexibility index (Phi) is 13.3. The largest absolute Gasteiger partial charge is 0.486 e. The highest BCUT2D eigenvalue weighted by Gasteiger charge is 2.44. The van der Waals surface area contributed by atoms with E-state index >= 15 is 0 Å². The predicted octanol–water partition coefficient (Wildman–Crippen LogP) is 17.1. The van der Waals surface area contributed by atoms with E-state index in [1.54, 1.807) is 17.4 Å². The van der Waals surface area contributed by atoms with Crippen molar-refractivity contribution in [3.8, 4) is 32.7 Å². The number of nitrogens with zero attached hydrogens (tertiary/aromatic N) is 2. The highest BCUT2D eigenvalue weighted by Crippen LogP contribution is 2.58. The molecule has 0 fully saturated rings. The maximum absolute atomic E-state index is 11.3. The Morgan fingerprint density at radius 3 is 1.52 bits per heavy atom. The number of unbranched alkanes of at least 4 members (excludes halogenated alkanes) is 4. The fourth-order valence-corrected chi connectivity index (χ4v) is 11.5. The molecule has 1 heterocycles. The molecule has 6 aromatic rings. The van der Waals surface area contributed by atoms with Crippen molar-refractivity contribution in [2.24, 2.45) is 0 Å². The standard InChI is InChI=1S/C58H60N2O2S/c1-6-10-35-57(36-11-7-2)50-22-16-14-20-46(50)48-32-29-43(39-52(48)57)60(42-27-25-41(26-28-42)55-34-31-45(63-55)19-18-24-54(59-5)56(61)62)44-30-33-49-47-21-15-17-23-51(47)58(37-12-8-3,38-13-9-4)53(49)40-44/h14-34,39-40H,6-13,35-38H2,1-4H3,(H,61,62)/b19-18+,54-24-. The lowest BCUT2D eigenvalue weighted by Gasteiger charge is -2.35. The molecule has 5 heteroatoms. The Bertz CT molecular complexity index is 2560. The molecule has 2 aliphatic carbocycles. The van der Waals surface area contributed by atoms with Crippen molar-refractivity contribution in [2.75, 3.05) is 4.90 Å². The SMILES string of the molecule is [C-]#[N+]/C(=C\C=C\c1ccc(-c2ccc(N(c3ccc4c(c3)C(CCCC)(CCCC)c3ccccc3-4)c3ccc4c(c3)C(CCCC)(CCCC)c3ccccc3-4)cc2)s1)C(=O)O. The molecule has 0 amide bonds. The minimum Gasteiger partial charge on any atom is -0.486 e. The molecule has 1 aromatic heterocycles. The van der Waals surface area contributed by atoms with E-state index in [4.69, 9.17) is 6.57 Å². The highest BCUT2D eigenvalue weighted by atomic mass is 32.1. The number of anilines is 3. The summed E-state index contributed by atoms with van der Waals surface area (Å²) in [4.78, 5) is 19.0. The van der Waals surface area contributed by atoms with Crippen LogP contribution in [0.1, 0.15) is 132 Å². The minimum atomic E-state index is -1.22. The number of aliphatic carboxylic acids is 1. The second-order valence-electron chi connectivity index (χ2n) is 17.5. The number of carboxylic acids is 1. The number of thiophene rings is 1. The summed E-state index contributed by atoms with van der Waals surface area (Å²) in [5.41, 5.74) is 15.7. The van der Waals surface area contributed by atoms with Gasteiger partial charge in [-0.25, -0.2) is 4.85 Å². The van der Waals surface area contributed by atoms with Gasteiger partial charge in [0.25, 0.3) is 5.70 Å². The molecule has 0 radical (unpaired) electrons. The summed E-state index contributed by atoms with van der Waals surface area (Å²) in [5, 5.41) is 9.24. The lowest BCUT2D eigenvalue weighted by Crippen LogP contribution is -2.26. The molecule has 2 aliphatic rings. The van der Waals surface area contributed by atoms with Crippen LogP contribution in [-0.2, 0) is 15.6 Å². The lowest BCUT2D eigenvalue weighted by atomic mass is 9.70. The van der Waals surface area contributed by atoms with Crippen molar-refractivity contribution in [1.82, 2.24) is 0 Å². The van der Waals surface area contributed by atoms with Crippen LogP contribution in [0.3, 0.4) is 0 Å². The normalized spacial score (nSPS) is 14.2. The Morgan fingerprint density at radius 2 is 1.06 bits per heavy atom. The van der Waals surface area contributed by atoms with Crippen LogP contribution in [0.25, 0.3) is 43.6 Å². The van der Waals surface area contributed by atoms with Crippen LogP contribution >= 0.6 is 11.3 Å². The van der Waals surface area contributed by atoms with Crippen molar-refractivity contribution in [3.63, 3.8) is 0 Å². The van der Waals surface area contributed by atoms with Crippen LogP contribution < -0.4 is 4.90 Å². The van der Waals surface area contributed by atoms with E-state index in [-0.39, 0.29) is 16.5 Å². The van der Waals surface area contributed by atoms with Crippen molar-refractivity contribution >= 4 is 40.4 Å². The molecule has 0 saturated heterocycles. The summed E-state index contributed by atoms with van der Waals surface area (Å²) in [5.74, 6) is -1.22. The first-order chi connectivity index (χ1) is 30.8. The topological polar surface area (TPSA) is 44.9 Å². The Hall–Kier alpha value is -5.96. The number of rotatable bonds is 19. The van der Waals surface area contributed by atoms with Crippen LogP contribution in [0, 0.1) is 6.57 Å². The highest BCUT2D eigenvalue weighted by molar-refractivity contribution is 7.16. The van der Waals surface area contributed by atoms with Crippen LogP contribution in [0.15, 0.2) is 139 Å². The second-order valence-corrected chi connectivity index (χ2v) is 18.7. The molecule has 8 rings (SSSR count). The third-order valence-electron chi connectivity index (χ3n) is 13.7. The van der Waals surface area contributed by atoms with Gasteiger partial charge in [-0.15, -0.1) is 11.3 Å². The monoisotopic (exact) mass is 848 g/mol. The summed E-state index contributed by atoms with van der Waals surface area (Å²) in [6, 6.07) is 46.2. The van der Waals surface area contributed by atoms with Crippen LogP contribution in [0.2, 0.25) is 0 Å². The maximum Gasteiger partial charge on any atom is 0.333 e. The maximum atomic E-state index is 11.3. The van der Waals surface area contributed by atoms with E-state index in [0.29, 0.717) is 0 Å². The van der Waals surface area contributed by atoms with Crippen LogP contribution in [0.5, 0.6) is 0 Å². The van der Waals surface area contributed by atoms with E-state index in [1.165, 1.54) is 113 Å². The molecule has 1 N–H and O–H groups in total. The molecule has 0 unspecified atom stereocenters. The Balaban J connectivity index is 1.27. The summed E-state index contributed by atoms with van der Waals surface area (Å²) in [7, 11) is 0. The van der Waals surface area contributed by atoms with Gasteiger partial charge in [-0.05, 0) is 136 Å². The molecule has 63 heavy (non-hydrogen) atoms. The van der Waals surface area contributed by atoms with E-state index in [9.17, 15) is 9.90 Å². The number of benzene rings is 5. The zero-order chi connectivity index (χ0) is 44.0. The summed E-state index contributed by atoms with van der Waals surface area (Å²) in [6.07, 6.45) is 18.9. The fourth-order valence-electron chi connectivity index (χ4n) is 10.6. The van der Waals surface area contributed by atoms with Gasteiger partial charge >= 0.3 is 5.97 Å². The third-order valence-corrected chi connectivity index (χ3v) is 14.8. The number of hydrogen-bond donors (Lipinski definition) is 1.